The molecular formula is C12H11N3O2. The fourth-order valence-electron chi connectivity index (χ4n) is 1.31. The quantitative estimate of drug-likeness (QED) is 0.822. The molecule has 2 amide bonds. The molecule has 2 rings (SSSR count). The molecule has 1 aromatic carbocycles. The van der Waals surface area contributed by atoms with E-state index in [-0.39, 0.29) is 5.56 Å². The lowest BCUT2D eigenvalue weighted by atomic mass is 10.3. The number of nitrogens with one attached hydrogen (secondary N) is 2. The first-order valence-electron chi connectivity index (χ1n) is 5.06. The number of carbonyl (C=O) groups excluding carboxylic acids is 1. The summed E-state index contributed by atoms with van der Waals surface area (Å²) < 4.78 is 1.11. The predicted molar refractivity (Wildman–Crippen MR) is 65.5 cm³/mol. The second-order valence-corrected chi connectivity index (χ2v) is 3.34. The Labute approximate surface area is 97.7 Å². The number of hydrogen-bond acceptors (Lipinski definition) is 2. The van der Waals surface area contributed by atoms with Gasteiger partial charge in [-0.25, -0.2) is 14.9 Å². The lowest BCUT2D eigenvalue weighted by molar-refractivity contribution is 0.259. The van der Waals surface area contributed by atoms with Crippen molar-refractivity contribution in [2.45, 2.75) is 0 Å². The first-order valence-corrected chi connectivity index (χ1v) is 5.06. The number of benzene rings is 1. The van der Waals surface area contributed by atoms with E-state index in [1.807, 2.05) is 18.2 Å². The number of para-hydroxylation sites is 1. The Morgan fingerprint density at radius 1 is 1.00 bits per heavy atom. The molecule has 0 aliphatic rings. The van der Waals surface area contributed by atoms with Crippen LogP contribution < -0.4 is 16.3 Å². The summed E-state index contributed by atoms with van der Waals surface area (Å²) in [5.41, 5.74) is 2.78. The summed E-state index contributed by atoms with van der Waals surface area (Å²) in [6, 6.07) is 13.1. The van der Waals surface area contributed by atoms with Gasteiger partial charge in [-0.3, -0.25) is 4.79 Å². The van der Waals surface area contributed by atoms with Gasteiger partial charge in [0.1, 0.15) is 0 Å². The van der Waals surface area contributed by atoms with Gasteiger partial charge in [0.05, 0.1) is 0 Å². The summed E-state index contributed by atoms with van der Waals surface area (Å²) in [6.07, 6.45) is 1.48. The molecule has 17 heavy (non-hydrogen) atoms. The summed E-state index contributed by atoms with van der Waals surface area (Å²) in [5.74, 6) is 0. The topological polar surface area (TPSA) is 63.1 Å². The van der Waals surface area contributed by atoms with Crippen LogP contribution in [0.1, 0.15) is 0 Å². The first kappa shape index (κ1) is 10.9. The van der Waals surface area contributed by atoms with E-state index in [2.05, 4.69) is 10.7 Å². The molecule has 0 atom stereocenters. The van der Waals surface area contributed by atoms with Crippen LogP contribution in [-0.4, -0.2) is 10.7 Å². The summed E-state index contributed by atoms with van der Waals surface area (Å²) >= 11 is 0. The lowest BCUT2D eigenvalue weighted by Crippen LogP contribution is -2.34. The van der Waals surface area contributed by atoms with E-state index in [1.54, 1.807) is 24.3 Å². The Hall–Kier alpha value is -2.56. The molecule has 0 unspecified atom stereocenters. The second kappa shape index (κ2) is 4.98. The van der Waals surface area contributed by atoms with Gasteiger partial charge in [-0.05, 0) is 18.2 Å². The number of anilines is 1. The minimum Gasteiger partial charge on any atom is -0.307 e. The van der Waals surface area contributed by atoms with Crippen molar-refractivity contribution >= 4 is 11.7 Å². The molecule has 1 aromatic heterocycles. The van der Waals surface area contributed by atoms with E-state index >= 15 is 0 Å². The van der Waals surface area contributed by atoms with Crippen molar-refractivity contribution in [1.82, 2.24) is 4.68 Å². The minimum atomic E-state index is -0.468. The van der Waals surface area contributed by atoms with Crippen molar-refractivity contribution in [1.29, 1.82) is 0 Å². The number of urea groups is 1. The number of rotatable bonds is 2. The van der Waals surface area contributed by atoms with Crippen LogP contribution >= 0.6 is 0 Å². The monoisotopic (exact) mass is 229 g/mol. The third-order valence-corrected chi connectivity index (χ3v) is 2.08. The van der Waals surface area contributed by atoms with Crippen LogP contribution in [0, 0.1) is 0 Å². The maximum absolute atomic E-state index is 11.6. The maximum Gasteiger partial charge on any atom is 0.338 e. The molecule has 86 valence electrons. The van der Waals surface area contributed by atoms with Crippen LogP contribution in [0.15, 0.2) is 59.5 Å². The molecule has 0 aliphatic heterocycles. The van der Waals surface area contributed by atoms with Gasteiger partial charge in [0.2, 0.25) is 0 Å². The first-order chi connectivity index (χ1) is 8.25. The number of carbonyl (C=O) groups is 1. The molecule has 0 bridgehead atoms. The Morgan fingerprint density at radius 3 is 2.41 bits per heavy atom. The second-order valence-electron chi connectivity index (χ2n) is 3.34. The zero-order valence-corrected chi connectivity index (χ0v) is 8.96. The summed E-state index contributed by atoms with van der Waals surface area (Å²) in [6.45, 7) is 0. The van der Waals surface area contributed by atoms with E-state index in [4.69, 9.17) is 0 Å². The van der Waals surface area contributed by atoms with Crippen LogP contribution in [0.4, 0.5) is 10.5 Å². The normalized spacial score (nSPS) is 9.65. The zero-order chi connectivity index (χ0) is 12.1. The van der Waals surface area contributed by atoms with Crippen LogP contribution in [-0.2, 0) is 0 Å². The van der Waals surface area contributed by atoms with Crippen molar-refractivity contribution in [3.05, 3.63) is 65.1 Å². The summed E-state index contributed by atoms with van der Waals surface area (Å²) in [4.78, 5) is 22.9. The molecule has 0 saturated heterocycles. The molecule has 1 heterocycles. The highest BCUT2D eigenvalue weighted by Gasteiger charge is 2.01. The van der Waals surface area contributed by atoms with Crippen molar-refractivity contribution in [3.8, 4) is 0 Å². The molecule has 2 aromatic rings. The van der Waals surface area contributed by atoms with E-state index in [9.17, 15) is 9.59 Å². The van der Waals surface area contributed by atoms with Gasteiger partial charge in [-0.2, -0.15) is 0 Å². The average Bonchev–Trinajstić information content (AvgIpc) is 2.33. The van der Waals surface area contributed by atoms with Gasteiger partial charge in [-0.15, -0.1) is 0 Å². The summed E-state index contributed by atoms with van der Waals surface area (Å²) in [7, 11) is 0. The van der Waals surface area contributed by atoms with Crippen LogP contribution in [0.3, 0.4) is 0 Å². The molecule has 0 fully saturated rings. The number of pyridine rings is 1. The molecular weight excluding hydrogens is 218 g/mol. The van der Waals surface area contributed by atoms with Gasteiger partial charge in [-0.1, -0.05) is 24.3 Å². The average molecular weight is 229 g/mol. The number of amides is 2. The lowest BCUT2D eigenvalue weighted by Gasteiger charge is -2.08. The Morgan fingerprint density at radius 2 is 1.71 bits per heavy atom. The highest BCUT2D eigenvalue weighted by atomic mass is 16.2. The number of aromatic nitrogens is 1. The molecule has 0 aliphatic carbocycles. The highest BCUT2D eigenvalue weighted by molar-refractivity contribution is 5.94. The van der Waals surface area contributed by atoms with E-state index in [1.165, 1.54) is 12.3 Å². The maximum atomic E-state index is 11.6. The minimum absolute atomic E-state index is 0.296. The molecule has 0 saturated carbocycles. The fraction of sp³-hybridized carbons (Fsp3) is 0. The van der Waals surface area contributed by atoms with Crippen molar-refractivity contribution in [3.63, 3.8) is 0 Å². The fourth-order valence-corrected chi connectivity index (χ4v) is 1.31. The number of hydrogen-bond donors (Lipinski definition) is 2. The third-order valence-electron chi connectivity index (χ3n) is 2.08. The molecule has 5 heteroatoms. The highest BCUT2D eigenvalue weighted by Crippen LogP contribution is 2.04. The Bertz CT molecular complexity index is 563. The SMILES string of the molecule is O=C(Nc1ccccc1)Nn1ccccc1=O. The summed E-state index contributed by atoms with van der Waals surface area (Å²) in [5, 5.41) is 2.61. The van der Waals surface area contributed by atoms with E-state index < -0.39 is 6.03 Å². The zero-order valence-electron chi connectivity index (χ0n) is 8.96. The smallest absolute Gasteiger partial charge is 0.307 e. The van der Waals surface area contributed by atoms with Gasteiger partial charge in [0.25, 0.3) is 5.56 Å². The van der Waals surface area contributed by atoms with Gasteiger partial charge < -0.3 is 5.32 Å². The third kappa shape index (κ3) is 2.94. The molecule has 0 radical (unpaired) electrons. The van der Waals surface area contributed by atoms with Gasteiger partial charge >= 0.3 is 6.03 Å². The molecule has 5 nitrogen and oxygen atoms in total. The Kier molecular flexibility index (Phi) is 3.20. The number of nitrogens with zero attached hydrogens (tertiary/aromatic N) is 1. The molecule has 2 N–H and O–H groups in total. The van der Waals surface area contributed by atoms with Crippen LogP contribution in [0.25, 0.3) is 0 Å². The van der Waals surface area contributed by atoms with Crippen molar-refractivity contribution in [2.24, 2.45) is 0 Å². The van der Waals surface area contributed by atoms with Crippen LogP contribution in [0.5, 0.6) is 0 Å². The van der Waals surface area contributed by atoms with E-state index in [0.717, 1.165) is 4.68 Å². The van der Waals surface area contributed by atoms with Gasteiger partial charge in [0.15, 0.2) is 0 Å². The van der Waals surface area contributed by atoms with Crippen molar-refractivity contribution in [2.75, 3.05) is 10.7 Å². The van der Waals surface area contributed by atoms with Crippen LogP contribution in [0.2, 0.25) is 0 Å². The standard InChI is InChI=1S/C12H11N3O2/c16-11-8-4-5-9-15(11)14-12(17)13-10-6-2-1-3-7-10/h1-9H,(H2,13,14,17). The van der Waals surface area contributed by atoms with Crippen molar-refractivity contribution < 1.29 is 4.79 Å². The Balaban J connectivity index is 2.04. The molecule has 0 spiro atoms. The largest absolute Gasteiger partial charge is 0.338 e. The predicted octanol–water partition coefficient (Wildman–Crippen LogP) is 1.62. The van der Waals surface area contributed by atoms with E-state index in [0.29, 0.717) is 5.69 Å². The van der Waals surface area contributed by atoms with Gasteiger partial charge in [0, 0.05) is 18.0 Å².